The molecule has 0 aliphatic heterocycles. The second kappa shape index (κ2) is 18.8. The van der Waals surface area contributed by atoms with Crippen molar-refractivity contribution >= 4 is 0 Å². The Hall–Kier alpha value is -1.56. The van der Waals surface area contributed by atoms with Crippen molar-refractivity contribution in [1.29, 1.82) is 0 Å². The Labute approximate surface area is 176 Å². The fraction of sp³-hybridized carbons (Fsp3) is 0.571. The van der Waals surface area contributed by atoms with E-state index in [0.29, 0.717) is 0 Å². The van der Waals surface area contributed by atoms with Crippen LogP contribution in [0.5, 0.6) is 0 Å². The van der Waals surface area contributed by atoms with Crippen molar-refractivity contribution in [3.63, 3.8) is 0 Å². The van der Waals surface area contributed by atoms with E-state index in [9.17, 15) is 0 Å². The molecule has 0 nitrogen and oxygen atoms in total. The maximum Gasteiger partial charge on any atom is -0.0288 e. The largest absolute Gasteiger partial charge is 0.0917 e. The van der Waals surface area contributed by atoms with Gasteiger partial charge in [-0.2, -0.15) is 0 Å². The molecule has 0 saturated carbocycles. The molecule has 0 spiro atoms. The third-order valence-electron chi connectivity index (χ3n) is 5.10. The summed E-state index contributed by atoms with van der Waals surface area (Å²) in [6.45, 7) is 13.3. The minimum atomic E-state index is 1.17. The number of hydrogen-bond acceptors (Lipinski definition) is 0. The minimum absolute atomic E-state index is 1.17. The topological polar surface area (TPSA) is 0 Å². The van der Waals surface area contributed by atoms with E-state index in [-0.39, 0.29) is 0 Å². The van der Waals surface area contributed by atoms with Gasteiger partial charge in [-0.15, -0.1) is 0 Å². The first-order valence-corrected chi connectivity index (χ1v) is 11.3. The van der Waals surface area contributed by atoms with Gasteiger partial charge in [-0.3, -0.25) is 0 Å². The maximum absolute atomic E-state index is 2.43. The summed E-state index contributed by atoms with van der Waals surface area (Å²) in [5.41, 5.74) is 6.11. The van der Waals surface area contributed by atoms with E-state index in [1.54, 1.807) is 0 Å². The van der Waals surface area contributed by atoms with E-state index in [1.165, 1.54) is 86.5 Å². The van der Waals surface area contributed by atoms with Gasteiger partial charge in [0.1, 0.15) is 0 Å². The zero-order chi connectivity index (χ0) is 21.0. The van der Waals surface area contributed by atoms with Crippen LogP contribution < -0.4 is 0 Å². The highest BCUT2D eigenvalue weighted by atomic mass is 14.0. The van der Waals surface area contributed by atoms with E-state index in [2.05, 4.69) is 90.2 Å². The van der Waals surface area contributed by atoms with Crippen molar-refractivity contribution in [1.82, 2.24) is 0 Å². The molecule has 0 unspecified atom stereocenters. The standard InChI is InChI=1S/C28H46/c1-7-9-11-17-25(3)21-15-23-27(5)19-13-14-20-28(6)24-16-22-26(4)18-12-10-8-2/h7-10,19-22H,11-18,23-24H2,1-6H3/b9-7+,10-8+,25-21+,26-22+,27-19+,28-20+. The number of allylic oxidation sites excluding steroid dienone is 12. The molecule has 0 aromatic heterocycles. The van der Waals surface area contributed by atoms with Gasteiger partial charge in [0.2, 0.25) is 0 Å². The van der Waals surface area contributed by atoms with Gasteiger partial charge >= 0.3 is 0 Å². The summed E-state index contributed by atoms with van der Waals surface area (Å²) in [5, 5.41) is 0. The SMILES string of the molecule is C/C=C/CC/C(C)=C/CC/C(C)=C/CC/C=C(\C)CC/C=C(\C)CC/C=C/C. The van der Waals surface area contributed by atoms with Crippen molar-refractivity contribution in [3.05, 3.63) is 70.9 Å². The highest BCUT2D eigenvalue weighted by Crippen LogP contribution is 2.14. The maximum atomic E-state index is 2.43. The molecule has 0 aliphatic rings. The normalized spacial score (nSPS) is 14.6. The van der Waals surface area contributed by atoms with Crippen LogP contribution >= 0.6 is 0 Å². The zero-order valence-corrected chi connectivity index (χ0v) is 19.7. The van der Waals surface area contributed by atoms with Crippen molar-refractivity contribution in [3.8, 4) is 0 Å². The highest BCUT2D eigenvalue weighted by Gasteiger charge is 1.93. The molecule has 28 heavy (non-hydrogen) atoms. The van der Waals surface area contributed by atoms with Gasteiger partial charge in [0.05, 0.1) is 0 Å². The monoisotopic (exact) mass is 382 g/mol. The summed E-state index contributed by atoms with van der Waals surface area (Å²) in [5.74, 6) is 0. The molecule has 0 rings (SSSR count). The third kappa shape index (κ3) is 17.8. The molecule has 0 heteroatoms. The Morgan fingerprint density at radius 3 is 1.04 bits per heavy atom. The van der Waals surface area contributed by atoms with Gasteiger partial charge in [0, 0.05) is 0 Å². The Morgan fingerprint density at radius 2 is 0.714 bits per heavy atom. The van der Waals surface area contributed by atoms with E-state index in [0.717, 1.165) is 0 Å². The molecule has 0 aromatic carbocycles. The van der Waals surface area contributed by atoms with E-state index < -0.39 is 0 Å². The Morgan fingerprint density at radius 1 is 0.429 bits per heavy atom. The molecular formula is C28H46. The summed E-state index contributed by atoms with van der Waals surface area (Å²) >= 11 is 0. The fourth-order valence-corrected chi connectivity index (χ4v) is 3.12. The zero-order valence-electron chi connectivity index (χ0n) is 19.7. The molecule has 0 radical (unpaired) electrons. The number of rotatable bonds is 15. The summed E-state index contributed by atoms with van der Waals surface area (Å²) in [6, 6.07) is 0. The number of unbranched alkanes of at least 4 members (excludes halogenated alkanes) is 1. The van der Waals surface area contributed by atoms with Crippen LogP contribution in [-0.2, 0) is 0 Å². The van der Waals surface area contributed by atoms with Gasteiger partial charge in [0.25, 0.3) is 0 Å². The lowest BCUT2D eigenvalue weighted by Gasteiger charge is -2.02. The Bertz CT molecular complexity index is 509. The highest BCUT2D eigenvalue weighted by molar-refractivity contribution is 5.07. The van der Waals surface area contributed by atoms with Crippen LogP contribution in [-0.4, -0.2) is 0 Å². The van der Waals surface area contributed by atoms with Gasteiger partial charge in [-0.05, 0) is 106 Å². The van der Waals surface area contributed by atoms with Crippen LogP contribution in [0.2, 0.25) is 0 Å². The van der Waals surface area contributed by atoms with Crippen LogP contribution in [0.3, 0.4) is 0 Å². The summed E-state index contributed by atoms with van der Waals surface area (Å²) in [6.07, 6.45) is 30.3. The first-order chi connectivity index (χ1) is 13.5. The smallest absolute Gasteiger partial charge is 0.0288 e. The van der Waals surface area contributed by atoms with Gasteiger partial charge in [-0.1, -0.05) is 70.9 Å². The molecule has 0 saturated heterocycles. The lowest BCUT2D eigenvalue weighted by atomic mass is 10.0. The summed E-state index contributed by atoms with van der Waals surface area (Å²) in [7, 11) is 0. The summed E-state index contributed by atoms with van der Waals surface area (Å²) < 4.78 is 0. The van der Waals surface area contributed by atoms with Crippen LogP contribution in [0.25, 0.3) is 0 Å². The molecule has 0 aliphatic carbocycles. The van der Waals surface area contributed by atoms with Crippen LogP contribution in [0.4, 0.5) is 0 Å². The summed E-state index contributed by atoms with van der Waals surface area (Å²) in [4.78, 5) is 0. The van der Waals surface area contributed by atoms with E-state index in [1.807, 2.05) is 0 Å². The second-order valence-electron chi connectivity index (χ2n) is 8.07. The van der Waals surface area contributed by atoms with E-state index >= 15 is 0 Å². The van der Waals surface area contributed by atoms with E-state index in [4.69, 9.17) is 0 Å². The van der Waals surface area contributed by atoms with Crippen molar-refractivity contribution in [2.24, 2.45) is 0 Å². The quantitative estimate of drug-likeness (QED) is 0.195. The average Bonchev–Trinajstić information content (AvgIpc) is 2.65. The molecule has 158 valence electrons. The molecule has 0 atom stereocenters. The molecule has 0 heterocycles. The molecular weight excluding hydrogens is 336 g/mol. The molecule has 0 aromatic rings. The van der Waals surface area contributed by atoms with Crippen molar-refractivity contribution in [2.45, 2.75) is 106 Å². The van der Waals surface area contributed by atoms with Crippen LogP contribution in [0.1, 0.15) is 106 Å². The van der Waals surface area contributed by atoms with Gasteiger partial charge < -0.3 is 0 Å². The van der Waals surface area contributed by atoms with Crippen molar-refractivity contribution in [2.75, 3.05) is 0 Å². The predicted molar refractivity (Wildman–Crippen MR) is 131 cm³/mol. The molecule has 0 bridgehead atoms. The molecule has 0 fully saturated rings. The predicted octanol–water partition coefficient (Wildman–Crippen LogP) is 9.82. The Balaban J connectivity index is 4.00. The lowest BCUT2D eigenvalue weighted by Crippen LogP contribution is -1.82. The fourth-order valence-electron chi connectivity index (χ4n) is 3.12. The Kier molecular flexibility index (Phi) is 17.7. The molecule has 0 N–H and O–H groups in total. The molecule has 0 amide bonds. The second-order valence-corrected chi connectivity index (χ2v) is 8.07. The van der Waals surface area contributed by atoms with Crippen LogP contribution in [0.15, 0.2) is 70.9 Å². The minimum Gasteiger partial charge on any atom is -0.0917 e. The van der Waals surface area contributed by atoms with Gasteiger partial charge in [0.15, 0.2) is 0 Å². The van der Waals surface area contributed by atoms with Crippen LogP contribution in [0, 0.1) is 0 Å². The number of hydrogen-bond donors (Lipinski definition) is 0. The average molecular weight is 383 g/mol. The lowest BCUT2D eigenvalue weighted by molar-refractivity contribution is 0.897. The van der Waals surface area contributed by atoms with Gasteiger partial charge in [-0.25, -0.2) is 0 Å². The first-order valence-electron chi connectivity index (χ1n) is 11.3. The first kappa shape index (κ1) is 26.4. The third-order valence-corrected chi connectivity index (χ3v) is 5.10. The van der Waals surface area contributed by atoms with Crippen molar-refractivity contribution < 1.29 is 0 Å².